The molecule has 94 valence electrons. The maximum Gasteiger partial charge on any atom is 0.224 e. The van der Waals surface area contributed by atoms with E-state index in [1.807, 2.05) is 4.90 Å². The van der Waals surface area contributed by atoms with E-state index in [2.05, 4.69) is 22.2 Å². The van der Waals surface area contributed by atoms with Gasteiger partial charge in [0.05, 0.1) is 6.20 Å². The monoisotopic (exact) mass is 238 g/mol. The molecule has 0 spiro atoms. The quantitative estimate of drug-likeness (QED) is 0.825. The molecule has 0 unspecified atom stereocenters. The Labute approximate surface area is 101 Å². The Bertz CT molecular complexity index is 379. The lowest BCUT2D eigenvalue weighted by atomic mass is 10.3. The maximum atomic E-state index is 13.8. The molecule has 0 saturated heterocycles. The maximum absolute atomic E-state index is 13.8. The highest BCUT2D eigenvalue weighted by atomic mass is 19.1. The predicted molar refractivity (Wildman–Crippen MR) is 66.8 cm³/mol. The number of halogens is 1. The van der Waals surface area contributed by atoms with Gasteiger partial charge in [-0.3, -0.25) is 0 Å². The van der Waals surface area contributed by atoms with Crippen molar-refractivity contribution < 1.29 is 4.39 Å². The SMILES string of the molecule is CCCN(CC1CC1)c1nc(NC)ncc1F. The predicted octanol–water partition coefficient (Wildman–Crippen LogP) is 2.28. The van der Waals surface area contributed by atoms with Crippen LogP contribution >= 0.6 is 0 Å². The van der Waals surface area contributed by atoms with E-state index < -0.39 is 0 Å². The molecule has 0 aromatic carbocycles. The summed E-state index contributed by atoms with van der Waals surface area (Å²) in [6.07, 6.45) is 4.74. The molecular weight excluding hydrogens is 219 g/mol. The summed E-state index contributed by atoms with van der Waals surface area (Å²) in [5.74, 6) is 1.28. The average Bonchev–Trinajstić information content (AvgIpc) is 3.13. The zero-order chi connectivity index (χ0) is 12.3. The van der Waals surface area contributed by atoms with Crippen molar-refractivity contribution in [3.63, 3.8) is 0 Å². The van der Waals surface area contributed by atoms with Crippen LogP contribution in [-0.2, 0) is 0 Å². The average molecular weight is 238 g/mol. The van der Waals surface area contributed by atoms with Crippen molar-refractivity contribution in [2.24, 2.45) is 5.92 Å². The van der Waals surface area contributed by atoms with Crippen LogP contribution in [0, 0.1) is 11.7 Å². The Kier molecular flexibility index (Phi) is 3.76. The summed E-state index contributed by atoms with van der Waals surface area (Å²) in [6, 6.07) is 0. The molecule has 1 aliphatic carbocycles. The summed E-state index contributed by atoms with van der Waals surface area (Å²) in [7, 11) is 1.74. The molecule has 17 heavy (non-hydrogen) atoms. The van der Waals surface area contributed by atoms with Gasteiger partial charge in [0.15, 0.2) is 11.6 Å². The van der Waals surface area contributed by atoms with Gasteiger partial charge in [0.1, 0.15) is 0 Å². The number of aromatic nitrogens is 2. The molecular formula is C12H19FN4. The Hall–Kier alpha value is -1.39. The van der Waals surface area contributed by atoms with E-state index in [-0.39, 0.29) is 5.82 Å². The molecule has 1 aliphatic rings. The smallest absolute Gasteiger partial charge is 0.224 e. The Morgan fingerprint density at radius 3 is 2.88 bits per heavy atom. The van der Waals surface area contributed by atoms with E-state index >= 15 is 0 Å². The van der Waals surface area contributed by atoms with Gasteiger partial charge in [-0.2, -0.15) is 4.98 Å². The molecule has 0 aliphatic heterocycles. The number of nitrogens with zero attached hydrogens (tertiary/aromatic N) is 3. The minimum absolute atomic E-state index is 0.335. The normalized spacial score (nSPS) is 14.8. The first-order valence-corrected chi connectivity index (χ1v) is 6.19. The molecule has 0 atom stereocenters. The van der Waals surface area contributed by atoms with Crippen LogP contribution in [0.2, 0.25) is 0 Å². The molecule has 1 saturated carbocycles. The summed E-state index contributed by atoms with van der Waals surface area (Å²) in [5, 5.41) is 2.84. The first-order chi connectivity index (χ1) is 8.24. The molecule has 2 rings (SSSR count). The van der Waals surface area contributed by atoms with E-state index in [1.54, 1.807) is 7.05 Å². The van der Waals surface area contributed by atoms with Gasteiger partial charge < -0.3 is 10.2 Å². The molecule has 0 radical (unpaired) electrons. The third-order valence-corrected chi connectivity index (χ3v) is 2.92. The fraction of sp³-hybridized carbons (Fsp3) is 0.667. The van der Waals surface area contributed by atoms with Crippen molar-refractivity contribution in [2.75, 3.05) is 30.4 Å². The van der Waals surface area contributed by atoms with E-state index in [0.29, 0.717) is 17.7 Å². The second kappa shape index (κ2) is 5.29. The summed E-state index contributed by atoms with van der Waals surface area (Å²) in [4.78, 5) is 10.1. The van der Waals surface area contributed by atoms with Crippen molar-refractivity contribution in [3.8, 4) is 0 Å². The van der Waals surface area contributed by atoms with Gasteiger partial charge in [0, 0.05) is 20.1 Å². The summed E-state index contributed by atoms with van der Waals surface area (Å²) in [5.41, 5.74) is 0. The first-order valence-electron chi connectivity index (χ1n) is 6.19. The van der Waals surface area contributed by atoms with Crippen LogP contribution in [0.4, 0.5) is 16.2 Å². The van der Waals surface area contributed by atoms with E-state index in [1.165, 1.54) is 19.0 Å². The minimum Gasteiger partial charge on any atom is -0.357 e. The van der Waals surface area contributed by atoms with Gasteiger partial charge in [0.25, 0.3) is 0 Å². The van der Waals surface area contributed by atoms with Crippen LogP contribution in [0.1, 0.15) is 26.2 Å². The topological polar surface area (TPSA) is 41.1 Å². The zero-order valence-corrected chi connectivity index (χ0v) is 10.4. The number of rotatable bonds is 6. The van der Waals surface area contributed by atoms with Crippen molar-refractivity contribution in [3.05, 3.63) is 12.0 Å². The zero-order valence-electron chi connectivity index (χ0n) is 10.4. The van der Waals surface area contributed by atoms with Crippen LogP contribution in [0.3, 0.4) is 0 Å². The van der Waals surface area contributed by atoms with Crippen molar-refractivity contribution in [2.45, 2.75) is 26.2 Å². The molecule has 0 amide bonds. The molecule has 1 N–H and O–H groups in total. The molecule has 1 aromatic rings. The highest BCUT2D eigenvalue weighted by Gasteiger charge is 2.26. The van der Waals surface area contributed by atoms with E-state index in [4.69, 9.17) is 0 Å². The molecule has 4 nitrogen and oxygen atoms in total. The van der Waals surface area contributed by atoms with Crippen molar-refractivity contribution >= 4 is 11.8 Å². The molecule has 1 heterocycles. The molecule has 0 bridgehead atoms. The third kappa shape index (κ3) is 3.05. The minimum atomic E-state index is -0.335. The van der Waals surface area contributed by atoms with Crippen LogP contribution < -0.4 is 10.2 Å². The molecule has 5 heteroatoms. The highest BCUT2D eigenvalue weighted by Crippen LogP contribution is 2.31. The van der Waals surface area contributed by atoms with Gasteiger partial charge >= 0.3 is 0 Å². The van der Waals surface area contributed by atoms with Crippen molar-refractivity contribution in [1.82, 2.24) is 9.97 Å². The van der Waals surface area contributed by atoms with Crippen LogP contribution in [0.5, 0.6) is 0 Å². The van der Waals surface area contributed by atoms with Gasteiger partial charge in [-0.25, -0.2) is 9.37 Å². The Morgan fingerprint density at radius 2 is 2.29 bits per heavy atom. The number of hydrogen-bond donors (Lipinski definition) is 1. The lowest BCUT2D eigenvalue weighted by molar-refractivity contribution is 0.593. The first kappa shape index (κ1) is 12.1. The summed E-state index contributed by atoms with van der Waals surface area (Å²) >= 11 is 0. The van der Waals surface area contributed by atoms with Gasteiger partial charge in [-0.05, 0) is 25.2 Å². The van der Waals surface area contributed by atoms with Crippen LogP contribution in [0.25, 0.3) is 0 Å². The fourth-order valence-electron chi connectivity index (χ4n) is 1.87. The highest BCUT2D eigenvalue weighted by molar-refractivity contribution is 5.43. The number of hydrogen-bond acceptors (Lipinski definition) is 4. The van der Waals surface area contributed by atoms with Gasteiger partial charge in [0.2, 0.25) is 5.95 Å². The second-order valence-electron chi connectivity index (χ2n) is 4.50. The van der Waals surface area contributed by atoms with Gasteiger partial charge in [-0.1, -0.05) is 6.92 Å². The number of nitrogens with one attached hydrogen (secondary N) is 1. The van der Waals surface area contributed by atoms with Crippen LogP contribution in [-0.4, -0.2) is 30.1 Å². The van der Waals surface area contributed by atoms with E-state index in [9.17, 15) is 4.39 Å². The Morgan fingerprint density at radius 1 is 1.53 bits per heavy atom. The Balaban J connectivity index is 2.19. The number of anilines is 2. The van der Waals surface area contributed by atoms with Crippen LogP contribution in [0.15, 0.2) is 6.20 Å². The summed E-state index contributed by atoms with van der Waals surface area (Å²) in [6.45, 7) is 3.84. The largest absolute Gasteiger partial charge is 0.357 e. The van der Waals surface area contributed by atoms with Gasteiger partial charge in [-0.15, -0.1) is 0 Å². The summed E-state index contributed by atoms with van der Waals surface area (Å²) < 4.78 is 13.8. The molecule has 1 aromatic heterocycles. The fourth-order valence-corrected chi connectivity index (χ4v) is 1.87. The lowest BCUT2D eigenvalue weighted by Gasteiger charge is -2.23. The lowest BCUT2D eigenvalue weighted by Crippen LogP contribution is -2.28. The third-order valence-electron chi connectivity index (χ3n) is 2.92. The van der Waals surface area contributed by atoms with Crippen molar-refractivity contribution in [1.29, 1.82) is 0 Å². The second-order valence-corrected chi connectivity index (χ2v) is 4.50. The van der Waals surface area contributed by atoms with E-state index in [0.717, 1.165) is 19.5 Å². The standard InChI is InChI=1S/C12H19FN4/c1-3-6-17(8-9-4-5-9)11-10(13)7-15-12(14-2)16-11/h7,9H,3-6,8H2,1-2H3,(H,14,15,16). The molecule has 1 fully saturated rings.